The van der Waals surface area contributed by atoms with Gasteiger partial charge in [0.1, 0.15) is 17.2 Å². The minimum atomic E-state index is -0.592. The molecule has 3 aromatic rings. The van der Waals surface area contributed by atoms with Gasteiger partial charge >= 0.3 is 0 Å². The summed E-state index contributed by atoms with van der Waals surface area (Å²) < 4.78 is 14.9. The van der Waals surface area contributed by atoms with Crippen LogP contribution in [-0.2, 0) is 0 Å². The van der Waals surface area contributed by atoms with Crippen molar-refractivity contribution in [1.29, 1.82) is 0 Å². The maximum absolute atomic E-state index is 13.2. The van der Waals surface area contributed by atoms with Crippen molar-refractivity contribution in [2.24, 2.45) is 0 Å². The number of nitrogens with zero attached hydrogens (tertiary/aromatic N) is 3. The van der Waals surface area contributed by atoms with E-state index in [4.69, 9.17) is 0 Å². The number of benzene rings is 1. The van der Waals surface area contributed by atoms with Gasteiger partial charge in [0.2, 0.25) is 0 Å². The van der Waals surface area contributed by atoms with Crippen molar-refractivity contribution in [3.05, 3.63) is 71.9 Å². The molecule has 1 aromatic carbocycles. The normalized spacial score (nSPS) is 20.7. The van der Waals surface area contributed by atoms with E-state index >= 15 is 0 Å². The maximum atomic E-state index is 13.2. The molecule has 1 aliphatic rings. The van der Waals surface area contributed by atoms with E-state index in [0.29, 0.717) is 17.8 Å². The summed E-state index contributed by atoms with van der Waals surface area (Å²) in [6, 6.07) is 11.2. The number of rotatable bonds is 2. The minimum Gasteiger partial charge on any atom is -0.391 e. The van der Waals surface area contributed by atoms with Crippen LogP contribution in [0.4, 0.5) is 4.39 Å². The van der Waals surface area contributed by atoms with E-state index in [1.165, 1.54) is 12.1 Å². The van der Waals surface area contributed by atoms with Gasteiger partial charge in [0.05, 0.1) is 12.1 Å². The molecule has 0 radical (unpaired) electrons. The molecule has 1 saturated heterocycles. The summed E-state index contributed by atoms with van der Waals surface area (Å²) in [5.74, 6) is -0.497. The first-order valence-corrected chi connectivity index (χ1v) is 7.80. The quantitative estimate of drug-likeness (QED) is 0.787. The Labute approximate surface area is 138 Å². The van der Waals surface area contributed by atoms with Gasteiger partial charge in [-0.1, -0.05) is 18.2 Å². The Bertz CT molecular complexity index is 891. The van der Waals surface area contributed by atoms with E-state index in [2.05, 4.69) is 4.98 Å². The highest BCUT2D eigenvalue weighted by atomic mass is 19.1. The molecule has 1 amide bonds. The van der Waals surface area contributed by atoms with Crippen molar-refractivity contribution in [2.45, 2.75) is 18.6 Å². The average molecular weight is 325 g/mol. The largest absolute Gasteiger partial charge is 0.391 e. The number of carbonyl (C=O) groups is 1. The number of fused-ring (bicyclic) bond motifs is 1. The fourth-order valence-electron chi connectivity index (χ4n) is 3.31. The lowest BCUT2D eigenvalue weighted by Crippen LogP contribution is -2.33. The Morgan fingerprint density at radius 1 is 1.21 bits per heavy atom. The van der Waals surface area contributed by atoms with Crippen molar-refractivity contribution < 1.29 is 14.3 Å². The smallest absolute Gasteiger partial charge is 0.271 e. The highest BCUT2D eigenvalue weighted by molar-refractivity contribution is 5.93. The first-order chi connectivity index (χ1) is 11.6. The zero-order valence-corrected chi connectivity index (χ0v) is 12.8. The molecule has 1 aliphatic heterocycles. The van der Waals surface area contributed by atoms with Crippen LogP contribution in [0.25, 0.3) is 5.65 Å². The third-order valence-electron chi connectivity index (χ3n) is 4.44. The first kappa shape index (κ1) is 14.8. The van der Waals surface area contributed by atoms with Gasteiger partial charge in [-0.05, 0) is 36.2 Å². The predicted molar refractivity (Wildman–Crippen MR) is 86.0 cm³/mol. The highest BCUT2D eigenvalue weighted by Crippen LogP contribution is 2.33. The van der Waals surface area contributed by atoms with Gasteiger partial charge in [-0.3, -0.25) is 9.20 Å². The minimum absolute atomic E-state index is 0.176. The fraction of sp³-hybridized carbons (Fsp3) is 0.222. The monoisotopic (exact) mass is 325 g/mol. The van der Waals surface area contributed by atoms with Crippen molar-refractivity contribution in [3.63, 3.8) is 0 Å². The third kappa shape index (κ3) is 2.45. The summed E-state index contributed by atoms with van der Waals surface area (Å²) in [6.07, 6.45) is 3.23. The predicted octanol–water partition coefficient (Wildman–Crippen LogP) is 2.42. The second-order valence-electron chi connectivity index (χ2n) is 5.98. The average Bonchev–Trinajstić information content (AvgIpc) is 3.21. The van der Waals surface area contributed by atoms with Gasteiger partial charge < -0.3 is 10.0 Å². The molecular weight excluding hydrogens is 309 g/mol. The van der Waals surface area contributed by atoms with Gasteiger partial charge in [0.25, 0.3) is 5.91 Å². The van der Waals surface area contributed by atoms with Crippen LogP contribution < -0.4 is 0 Å². The zero-order valence-electron chi connectivity index (χ0n) is 12.8. The van der Waals surface area contributed by atoms with Crippen LogP contribution in [0.15, 0.2) is 54.9 Å². The Hall–Kier alpha value is -2.73. The molecule has 0 saturated carbocycles. The number of likely N-dealkylation sites (tertiary alicyclic amines) is 1. The van der Waals surface area contributed by atoms with Gasteiger partial charge in [-0.2, -0.15) is 0 Å². The number of imidazole rings is 1. The SMILES string of the molecule is O=C(c1cccc2nccn12)N1C[C@H](O)C[C@H]1c1ccc(F)cc1. The number of aliphatic hydroxyl groups is 1. The molecule has 1 N–H and O–H groups in total. The van der Waals surface area contributed by atoms with Crippen LogP contribution in [0.2, 0.25) is 0 Å². The molecule has 2 atom stereocenters. The highest BCUT2D eigenvalue weighted by Gasteiger charge is 2.36. The van der Waals surface area contributed by atoms with Crippen LogP contribution in [0.1, 0.15) is 28.5 Å². The van der Waals surface area contributed by atoms with Gasteiger partial charge in [-0.15, -0.1) is 0 Å². The molecule has 4 rings (SSSR count). The second-order valence-corrected chi connectivity index (χ2v) is 5.98. The Kier molecular flexibility index (Phi) is 3.54. The van der Waals surface area contributed by atoms with E-state index in [9.17, 15) is 14.3 Å². The molecule has 0 aliphatic carbocycles. The standard InChI is InChI=1S/C18H16FN3O2/c19-13-6-4-12(5-7-13)16-10-14(23)11-22(16)18(24)15-2-1-3-17-20-8-9-21(15)17/h1-9,14,16,23H,10-11H2/t14-,16+/m1/s1. The Morgan fingerprint density at radius 2 is 2.00 bits per heavy atom. The lowest BCUT2D eigenvalue weighted by Gasteiger charge is -2.25. The van der Waals surface area contributed by atoms with Gasteiger partial charge in [-0.25, -0.2) is 9.37 Å². The molecule has 24 heavy (non-hydrogen) atoms. The van der Waals surface area contributed by atoms with Gasteiger partial charge in [0.15, 0.2) is 0 Å². The summed E-state index contributed by atoms with van der Waals surface area (Å²) in [5, 5.41) is 10.1. The molecule has 0 unspecified atom stereocenters. The van der Waals surface area contributed by atoms with E-state index in [1.54, 1.807) is 46.0 Å². The number of carbonyl (C=O) groups excluding carboxylic acids is 1. The molecule has 6 heteroatoms. The number of pyridine rings is 1. The molecule has 5 nitrogen and oxygen atoms in total. The van der Waals surface area contributed by atoms with Crippen molar-refractivity contribution in [3.8, 4) is 0 Å². The van der Waals surface area contributed by atoms with Crippen molar-refractivity contribution in [2.75, 3.05) is 6.54 Å². The van der Waals surface area contributed by atoms with E-state index in [0.717, 1.165) is 5.56 Å². The number of halogens is 1. The van der Waals surface area contributed by atoms with Crippen LogP contribution in [0.3, 0.4) is 0 Å². The molecule has 0 bridgehead atoms. The molecule has 0 spiro atoms. The number of hydrogen-bond acceptors (Lipinski definition) is 3. The maximum Gasteiger partial charge on any atom is 0.271 e. The molecular formula is C18H16FN3O2. The lowest BCUT2D eigenvalue weighted by molar-refractivity contribution is 0.0708. The van der Waals surface area contributed by atoms with E-state index in [-0.39, 0.29) is 24.3 Å². The second kappa shape index (κ2) is 5.72. The van der Waals surface area contributed by atoms with E-state index < -0.39 is 6.10 Å². The lowest BCUT2D eigenvalue weighted by atomic mass is 10.0. The number of aliphatic hydroxyl groups excluding tert-OH is 1. The fourth-order valence-corrected chi connectivity index (χ4v) is 3.31. The first-order valence-electron chi connectivity index (χ1n) is 7.80. The summed E-state index contributed by atoms with van der Waals surface area (Å²) in [7, 11) is 0. The molecule has 2 aromatic heterocycles. The van der Waals surface area contributed by atoms with Crippen molar-refractivity contribution in [1.82, 2.24) is 14.3 Å². The topological polar surface area (TPSA) is 57.8 Å². The van der Waals surface area contributed by atoms with Crippen LogP contribution in [-0.4, -0.2) is 37.9 Å². The number of amides is 1. The molecule has 122 valence electrons. The summed E-state index contributed by atoms with van der Waals surface area (Å²) in [6.45, 7) is 0.256. The third-order valence-corrected chi connectivity index (χ3v) is 4.44. The summed E-state index contributed by atoms with van der Waals surface area (Å²) >= 11 is 0. The van der Waals surface area contributed by atoms with Crippen LogP contribution in [0.5, 0.6) is 0 Å². The number of hydrogen-bond donors (Lipinski definition) is 1. The van der Waals surface area contributed by atoms with Crippen molar-refractivity contribution >= 4 is 11.6 Å². The number of aromatic nitrogens is 2. The Morgan fingerprint density at radius 3 is 2.79 bits per heavy atom. The van der Waals surface area contributed by atoms with E-state index in [1.807, 2.05) is 6.07 Å². The van der Waals surface area contributed by atoms with Gasteiger partial charge in [0, 0.05) is 18.9 Å². The molecule has 3 heterocycles. The summed E-state index contributed by atoms with van der Waals surface area (Å²) in [4.78, 5) is 18.9. The summed E-state index contributed by atoms with van der Waals surface area (Å²) in [5.41, 5.74) is 2.00. The zero-order chi connectivity index (χ0) is 16.7. The Balaban J connectivity index is 1.72. The number of β-amino-alcohol motifs (C(OH)–C–C–N with tert-alkyl or cyclic N) is 1. The van der Waals surface area contributed by atoms with Crippen LogP contribution in [0, 0.1) is 5.82 Å². The van der Waals surface area contributed by atoms with Crippen LogP contribution >= 0.6 is 0 Å². The molecule has 1 fully saturated rings.